The largest absolute Gasteiger partial charge is 0.454 e. The molecule has 0 saturated carbocycles. The summed E-state index contributed by atoms with van der Waals surface area (Å²) in [5.41, 5.74) is 4.79. The lowest BCUT2D eigenvalue weighted by Crippen LogP contribution is -2.26. The molecular weight excluding hydrogens is 396 g/mol. The van der Waals surface area contributed by atoms with Gasteiger partial charge in [0, 0.05) is 28.5 Å². The first-order valence-corrected chi connectivity index (χ1v) is 11.0. The molecule has 3 heterocycles. The Kier molecular flexibility index (Phi) is 4.06. The van der Waals surface area contributed by atoms with Crippen molar-refractivity contribution in [3.8, 4) is 11.5 Å². The number of Topliss-reactive ketones (excluding diaryl/α,β-unsaturated/α-hetero) is 1. The highest BCUT2D eigenvalue weighted by atomic mass is 32.1. The molecule has 5 nitrogen and oxygen atoms in total. The number of thiophene rings is 1. The van der Waals surface area contributed by atoms with Crippen LogP contribution in [0.4, 0.5) is 11.4 Å². The van der Waals surface area contributed by atoms with Gasteiger partial charge < -0.3 is 20.1 Å². The second-order valence-electron chi connectivity index (χ2n) is 7.80. The number of rotatable bonds is 2. The normalized spacial score (nSPS) is 21.9. The minimum absolute atomic E-state index is 0.185. The molecule has 150 valence electrons. The van der Waals surface area contributed by atoms with Crippen molar-refractivity contribution in [2.75, 3.05) is 17.4 Å². The van der Waals surface area contributed by atoms with Crippen LogP contribution in [0, 0.1) is 0 Å². The summed E-state index contributed by atoms with van der Waals surface area (Å²) in [6, 6.07) is 18.0. The van der Waals surface area contributed by atoms with E-state index in [1.165, 1.54) is 4.88 Å². The minimum Gasteiger partial charge on any atom is -0.454 e. The number of hydrogen-bond acceptors (Lipinski definition) is 6. The smallest absolute Gasteiger partial charge is 0.231 e. The SMILES string of the molecule is O=C1C[C@H](c2cccs2)CC2=C1[C@@H](c1ccc3c(c1)OCO3)Nc1ccccc1N2. The van der Waals surface area contributed by atoms with Gasteiger partial charge in [-0.1, -0.05) is 24.3 Å². The molecule has 0 unspecified atom stereocenters. The van der Waals surface area contributed by atoms with Crippen LogP contribution in [-0.4, -0.2) is 12.6 Å². The lowest BCUT2D eigenvalue weighted by Gasteiger charge is -2.29. The molecule has 6 rings (SSSR count). The number of allylic oxidation sites excluding steroid dienone is 1. The molecule has 2 aromatic carbocycles. The molecule has 2 N–H and O–H groups in total. The quantitative estimate of drug-likeness (QED) is 0.581. The molecule has 0 fully saturated rings. The number of ketones is 1. The van der Waals surface area contributed by atoms with Gasteiger partial charge in [0.25, 0.3) is 0 Å². The van der Waals surface area contributed by atoms with E-state index in [1.807, 2.05) is 42.5 Å². The van der Waals surface area contributed by atoms with Gasteiger partial charge in [0.1, 0.15) is 0 Å². The molecule has 0 amide bonds. The second-order valence-corrected chi connectivity index (χ2v) is 8.78. The Balaban J connectivity index is 1.47. The monoisotopic (exact) mass is 416 g/mol. The highest BCUT2D eigenvalue weighted by Gasteiger charge is 2.36. The summed E-state index contributed by atoms with van der Waals surface area (Å²) < 4.78 is 11.1. The average Bonchev–Trinajstić information content (AvgIpc) is 3.42. The Hall–Kier alpha value is -3.25. The van der Waals surface area contributed by atoms with E-state index in [0.717, 1.165) is 46.1 Å². The predicted octanol–water partition coefficient (Wildman–Crippen LogP) is 5.46. The molecule has 0 saturated heterocycles. The van der Waals surface area contributed by atoms with Crippen LogP contribution in [0.1, 0.15) is 35.2 Å². The van der Waals surface area contributed by atoms with E-state index in [2.05, 4.69) is 28.1 Å². The first kappa shape index (κ1) is 17.6. The highest BCUT2D eigenvalue weighted by molar-refractivity contribution is 7.10. The summed E-state index contributed by atoms with van der Waals surface area (Å²) in [4.78, 5) is 14.7. The standard InChI is InChI=1S/C24H20N2O3S/c27-19-11-15(22-6-3-9-30-22)10-18-23(19)24(26-17-5-2-1-4-16(17)25-18)14-7-8-20-21(12-14)29-13-28-20/h1-9,12,15,24-26H,10-11,13H2/t15-,24-/m1/s1. The zero-order valence-electron chi connectivity index (χ0n) is 16.2. The zero-order chi connectivity index (χ0) is 20.1. The number of anilines is 2. The summed E-state index contributed by atoms with van der Waals surface area (Å²) in [5, 5.41) is 9.27. The lowest BCUT2D eigenvalue weighted by atomic mass is 9.81. The molecule has 3 aromatic rings. The van der Waals surface area contributed by atoms with Crippen LogP contribution in [0.2, 0.25) is 0 Å². The average molecular weight is 417 g/mol. The van der Waals surface area contributed by atoms with Gasteiger partial charge in [-0.25, -0.2) is 0 Å². The Morgan fingerprint density at radius 2 is 1.80 bits per heavy atom. The first-order chi connectivity index (χ1) is 14.8. The molecule has 30 heavy (non-hydrogen) atoms. The van der Waals surface area contributed by atoms with Gasteiger partial charge in [-0.05, 0) is 47.7 Å². The van der Waals surface area contributed by atoms with Crippen molar-refractivity contribution in [3.05, 3.63) is 81.7 Å². The van der Waals surface area contributed by atoms with Crippen molar-refractivity contribution in [3.63, 3.8) is 0 Å². The zero-order valence-corrected chi connectivity index (χ0v) is 17.0. The van der Waals surface area contributed by atoms with Crippen LogP contribution in [-0.2, 0) is 4.79 Å². The van der Waals surface area contributed by atoms with Gasteiger partial charge in [0.05, 0.1) is 17.4 Å². The first-order valence-electron chi connectivity index (χ1n) is 10.1. The minimum atomic E-state index is -0.248. The Morgan fingerprint density at radius 3 is 2.67 bits per heavy atom. The van der Waals surface area contributed by atoms with Crippen LogP contribution < -0.4 is 20.1 Å². The Bertz CT molecular complexity index is 1170. The van der Waals surface area contributed by atoms with Crippen molar-refractivity contribution < 1.29 is 14.3 Å². The molecule has 0 radical (unpaired) electrons. The summed E-state index contributed by atoms with van der Waals surface area (Å²) in [6.07, 6.45) is 1.35. The lowest BCUT2D eigenvalue weighted by molar-refractivity contribution is -0.116. The fourth-order valence-corrected chi connectivity index (χ4v) is 5.39. The number of fused-ring (bicyclic) bond motifs is 2. The molecule has 2 aliphatic heterocycles. The second kappa shape index (κ2) is 6.92. The van der Waals surface area contributed by atoms with E-state index in [9.17, 15) is 4.79 Å². The molecule has 0 bridgehead atoms. The van der Waals surface area contributed by atoms with Gasteiger partial charge >= 0.3 is 0 Å². The number of hydrogen-bond donors (Lipinski definition) is 2. The summed E-state index contributed by atoms with van der Waals surface area (Å²) >= 11 is 1.72. The number of benzene rings is 2. The molecule has 0 spiro atoms. The summed E-state index contributed by atoms with van der Waals surface area (Å²) in [6.45, 7) is 0.233. The highest BCUT2D eigenvalue weighted by Crippen LogP contribution is 2.46. The van der Waals surface area contributed by atoms with E-state index >= 15 is 0 Å². The van der Waals surface area contributed by atoms with Gasteiger partial charge in [0.15, 0.2) is 17.3 Å². The summed E-state index contributed by atoms with van der Waals surface area (Å²) in [7, 11) is 0. The van der Waals surface area contributed by atoms with E-state index in [4.69, 9.17) is 9.47 Å². The van der Waals surface area contributed by atoms with Gasteiger partial charge in [0.2, 0.25) is 6.79 Å². The van der Waals surface area contributed by atoms with E-state index in [0.29, 0.717) is 6.42 Å². The van der Waals surface area contributed by atoms with Crippen molar-refractivity contribution in [1.82, 2.24) is 0 Å². The third-order valence-electron chi connectivity index (χ3n) is 5.98. The van der Waals surface area contributed by atoms with Gasteiger partial charge in [-0.15, -0.1) is 11.3 Å². The van der Waals surface area contributed by atoms with Crippen molar-refractivity contribution in [2.45, 2.75) is 24.8 Å². The number of carbonyl (C=O) groups excluding carboxylic acids is 1. The van der Waals surface area contributed by atoms with Crippen LogP contribution in [0.15, 0.2) is 71.2 Å². The van der Waals surface area contributed by atoms with Crippen LogP contribution >= 0.6 is 11.3 Å². The number of ether oxygens (including phenoxy) is 2. The maximum Gasteiger partial charge on any atom is 0.231 e. The third-order valence-corrected chi connectivity index (χ3v) is 7.02. The van der Waals surface area contributed by atoms with Crippen LogP contribution in [0.5, 0.6) is 11.5 Å². The molecule has 6 heteroatoms. The molecule has 2 atom stereocenters. The Morgan fingerprint density at radius 1 is 0.933 bits per heavy atom. The van der Waals surface area contributed by atoms with E-state index < -0.39 is 0 Å². The molecule has 3 aliphatic rings. The fraction of sp³-hybridized carbons (Fsp3) is 0.208. The van der Waals surface area contributed by atoms with Crippen molar-refractivity contribution >= 4 is 28.5 Å². The Labute approximate surface area is 178 Å². The van der Waals surface area contributed by atoms with Gasteiger partial charge in [-0.2, -0.15) is 0 Å². The molecular formula is C24H20N2O3S. The fourth-order valence-electron chi connectivity index (χ4n) is 4.56. The van der Waals surface area contributed by atoms with Gasteiger partial charge in [-0.3, -0.25) is 4.79 Å². The van der Waals surface area contributed by atoms with Crippen LogP contribution in [0.25, 0.3) is 0 Å². The maximum atomic E-state index is 13.5. The summed E-state index contributed by atoms with van der Waals surface area (Å²) in [5.74, 6) is 1.87. The predicted molar refractivity (Wildman–Crippen MR) is 117 cm³/mol. The number of para-hydroxylation sites is 2. The molecule has 1 aromatic heterocycles. The number of nitrogens with one attached hydrogen (secondary N) is 2. The van der Waals surface area contributed by atoms with Crippen molar-refractivity contribution in [2.24, 2.45) is 0 Å². The van der Waals surface area contributed by atoms with Crippen molar-refractivity contribution in [1.29, 1.82) is 0 Å². The molecule has 1 aliphatic carbocycles. The third kappa shape index (κ3) is 2.87. The van der Waals surface area contributed by atoms with E-state index in [1.54, 1.807) is 11.3 Å². The number of carbonyl (C=O) groups is 1. The maximum absolute atomic E-state index is 13.5. The topological polar surface area (TPSA) is 59.6 Å². The van der Waals surface area contributed by atoms with Crippen LogP contribution in [0.3, 0.4) is 0 Å². The van der Waals surface area contributed by atoms with E-state index in [-0.39, 0.29) is 24.5 Å².